The third-order valence-electron chi connectivity index (χ3n) is 5.00. The number of amides is 1. The summed E-state index contributed by atoms with van der Waals surface area (Å²) < 4.78 is 0. The Morgan fingerprint density at radius 1 is 0.963 bits per heavy atom. The lowest BCUT2D eigenvalue weighted by atomic mass is 10.1. The Morgan fingerprint density at radius 3 is 2.30 bits per heavy atom. The molecule has 1 amide bonds. The maximum atomic E-state index is 12.3. The van der Waals surface area contributed by atoms with E-state index < -0.39 is 0 Å². The lowest BCUT2D eigenvalue weighted by Crippen LogP contribution is -2.26. The van der Waals surface area contributed by atoms with Crippen LogP contribution in [0.2, 0.25) is 0 Å². The number of aryl methyl sites for hydroxylation is 1. The zero-order chi connectivity index (χ0) is 18.9. The SMILES string of the molecule is Cc1ccc(SCCNC(=O)c2ccc(CN3CCCCCC3)cc2)cc1. The van der Waals surface area contributed by atoms with Gasteiger partial charge in [-0.05, 0) is 62.7 Å². The fourth-order valence-electron chi connectivity index (χ4n) is 3.38. The fourth-order valence-corrected chi connectivity index (χ4v) is 4.15. The number of nitrogens with zero attached hydrogens (tertiary/aromatic N) is 1. The van der Waals surface area contributed by atoms with Crippen LogP contribution in [-0.4, -0.2) is 36.2 Å². The first-order valence-electron chi connectivity index (χ1n) is 10.00. The van der Waals surface area contributed by atoms with Crippen LogP contribution in [0.1, 0.15) is 47.2 Å². The van der Waals surface area contributed by atoms with Gasteiger partial charge in [0.25, 0.3) is 5.91 Å². The second kappa shape index (κ2) is 10.5. The van der Waals surface area contributed by atoms with Crippen LogP contribution in [0.25, 0.3) is 0 Å². The summed E-state index contributed by atoms with van der Waals surface area (Å²) in [6.45, 7) is 6.15. The van der Waals surface area contributed by atoms with E-state index in [0.717, 1.165) is 17.9 Å². The number of hydrogen-bond donors (Lipinski definition) is 1. The molecule has 0 radical (unpaired) electrons. The summed E-state index contributed by atoms with van der Waals surface area (Å²) in [6, 6.07) is 16.6. The lowest BCUT2D eigenvalue weighted by molar-refractivity contribution is 0.0956. The number of thioether (sulfide) groups is 1. The van der Waals surface area contributed by atoms with E-state index in [4.69, 9.17) is 0 Å². The van der Waals surface area contributed by atoms with Gasteiger partial charge in [-0.25, -0.2) is 0 Å². The Labute approximate surface area is 167 Å². The van der Waals surface area contributed by atoms with Crippen molar-refractivity contribution < 1.29 is 4.79 Å². The molecule has 3 rings (SSSR count). The highest BCUT2D eigenvalue weighted by Crippen LogP contribution is 2.17. The Kier molecular flexibility index (Phi) is 7.79. The first-order chi connectivity index (χ1) is 13.2. The van der Waals surface area contributed by atoms with Crippen LogP contribution >= 0.6 is 11.8 Å². The van der Waals surface area contributed by atoms with Crippen molar-refractivity contribution in [3.8, 4) is 0 Å². The van der Waals surface area contributed by atoms with Gasteiger partial charge in [0.15, 0.2) is 0 Å². The average molecular weight is 383 g/mol. The molecule has 1 heterocycles. The van der Waals surface area contributed by atoms with Crippen LogP contribution in [-0.2, 0) is 6.54 Å². The van der Waals surface area contributed by atoms with Crippen LogP contribution in [0, 0.1) is 6.92 Å². The summed E-state index contributed by atoms with van der Waals surface area (Å²) in [4.78, 5) is 16.1. The Bertz CT molecular complexity index is 704. The molecule has 0 aromatic heterocycles. The highest BCUT2D eigenvalue weighted by molar-refractivity contribution is 7.99. The summed E-state index contributed by atoms with van der Waals surface area (Å²) in [6.07, 6.45) is 5.33. The molecule has 0 bridgehead atoms. The molecule has 0 aliphatic carbocycles. The van der Waals surface area contributed by atoms with E-state index >= 15 is 0 Å². The molecule has 2 aromatic rings. The van der Waals surface area contributed by atoms with Crippen molar-refractivity contribution in [3.63, 3.8) is 0 Å². The van der Waals surface area contributed by atoms with E-state index in [2.05, 4.69) is 53.5 Å². The van der Waals surface area contributed by atoms with Crippen molar-refractivity contribution in [3.05, 3.63) is 65.2 Å². The molecule has 144 valence electrons. The van der Waals surface area contributed by atoms with Gasteiger partial charge in [0.2, 0.25) is 0 Å². The van der Waals surface area contributed by atoms with Gasteiger partial charge in [0.1, 0.15) is 0 Å². The number of carbonyl (C=O) groups is 1. The molecule has 0 saturated carbocycles. The maximum absolute atomic E-state index is 12.3. The Balaban J connectivity index is 1.41. The lowest BCUT2D eigenvalue weighted by Gasteiger charge is -2.19. The van der Waals surface area contributed by atoms with E-state index in [1.807, 2.05) is 12.1 Å². The topological polar surface area (TPSA) is 32.3 Å². The van der Waals surface area contributed by atoms with E-state index in [9.17, 15) is 4.79 Å². The molecule has 1 fully saturated rings. The van der Waals surface area contributed by atoms with Crippen molar-refractivity contribution in [2.45, 2.75) is 44.0 Å². The normalized spacial score (nSPS) is 15.3. The molecule has 2 aromatic carbocycles. The zero-order valence-electron chi connectivity index (χ0n) is 16.2. The monoisotopic (exact) mass is 382 g/mol. The number of hydrogen-bond acceptors (Lipinski definition) is 3. The Morgan fingerprint density at radius 2 is 1.63 bits per heavy atom. The molecular weight excluding hydrogens is 352 g/mol. The summed E-state index contributed by atoms with van der Waals surface area (Å²) in [5.74, 6) is 0.891. The molecule has 3 nitrogen and oxygen atoms in total. The van der Waals surface area contributed by atoms with Crippen LogP contribution in [0.3, 0.4) is 0 Å². The number of likely N-dealkylation sites (tertiary alicyclic amines) is 1. The van der Waals surface area contributed by atoms with Gasteiger partial charge in [-0.2, -0.15) is 0 Å². The zero-order valence-corrected chi connectivity index (χ0v) is 17.1. The van der Waals surface area contributed by atoms with Gasteiger partial charge in [0.05, 0.1) is 0 Å². The number of benzene rings is 2. The number of carbonyl (C=O) groups excluding carboxylic acids is 1. The van der Waals surface area contributed by atoms with Crippen molar-refractivity contribution >= 4 is 17.7 Å². The minimum absolute atomic E-state index is 0.0147. The van der Waals surface area contributed by atoms with E-state index in [-0.39, 0.29) is 5.91 Å². The van der Waals surface area contributed by atoms with Gasteiger partial charge in [-0.1, -0.05) is 42.7 Å². The van der Waals surface area contributed by atoms with E-state index in [0.29, 0.717) is 6.54 Å². The molecule has 0 unspecified atom stereocenters. The summed E-state index contributed by atoms with van der Waals surface area (Å²) in [5, 5.41) is 3.02. The van der Waals surface area contributed by atoms with E-state index in [1.54, 1.807) is 11.8 Å². The second-order valence-corrected chi connectivity index (χ2v) is 8.47. The molecule has 1 aliphatic heterocycles. The predicted octanol–water partition coefficient (Wildman–Crippen LogP) is 4.89. The molecule has 27 heavy (non-hydrogen) atoms. The van der Waals surface area contributed by atoms with E-state index in [1.165, 1.54) is 54.8 Å². The van der Waals surface area contributed by atoms with Gasteiger partial charge >= 0.3 is 0 Å². The molecule has 1 aliphatic rings. The number of rotatable bonds is 7. The third-order valence-corrected chi connectivity index (χ3v) is 6.01. The van der Waals surface area contributed by atoms with Crippen LogP contribution in [0.15, 0.2) is 53.4 Å². The molecule has 4 heteroatoms. The first kappa shape index (κ1) is 20.0. The average Bonchev–Trinajstić information content (AvgIpc) is 2.96. The molecule has 0 spiro atoms. The summed E-state index contributed by atoms with van der Waals surface area (Å²) in [7, 11) is 0. The Hall–Kier alpha value is -1.78. The van der Waals surface area contributed by atoms with Gasteiger partial charge in [-0.15, -0.1) is 11.8 Å². The van der Waals surface area contributed by atoms with Crippen molar-refractivity contribution in [1.82, 2.24) is 10.2 Å². The van der Waals surface area contributed by atoms with Crippen LogP contribution in [0.4, 0.5) is 0 Å². The standard InChI is InChI=1S/C23H30N2OS/c1-19-6-12-22(13-7-19)27-17-14-24-23(26)21-10-8-20(9-11-21)18-25-15-4-2-3-5-16-25/h6-13H,2-5,14-18H2,1H3,(H,24,26). The number of nitrogens with one attached hydrogen (secondary N) is 1. The third kappa shape index (κ3) is 6.71. The quantitative estimate of drug-likeness (QED) is 0.546. The summed E-state index contributed by atoms with van der Waals surface area (Å²) in [5.41, 5.74) is 3.31. The van der Waals surface area contributed by atoms with Gasteiger partial charge in [-0.3, -0.25) is 9.69 Å². The predicted molar refractivity (Wildman–Crippen MR) is 114 cm³/mol. The van der Waals surface area contributed by atoms with Crippen molar-refractivity contribution in [2.24, 2.45) is 0 Å². The van der Waals surface area contributed by atoms with Gasteiger partial charge in [0, 0.05) is 29.3 Å². The molecule has 1 saturated heterocycles. The highest BCUT2D eigenvalue weighted by Gasteiger charge is 2.10. The fraction of sp³-hybridized carbons (Fsp3) is 0.435. The second-order valence-electron chi connectivity index (χ2n) is 7.30. The highest BCUT2D eigenvalue weighted by atomic mass is 32.2. The largest absolute Gasteiger partial charge is 0.351 e. The first-order valence-corrected chi connectivity index (χ1v) is 11.0. The molecular formula is C23H30N2OS. The maximum Gasteiger partial charge on any atom is 0.251 e. The van der Waals surface area contributed by atoms with Gasteiger partial charge < -0.3 is 5.32 Å². The van der Waals surface area contributed by atoms with Crippen LogP contribution in [0.5, 0.6) is 0 Å². The molecule has 0 atom stereocenters. The smallest absolute Gasteiger partial charge is 0.251 e. The van der Waals surface area contributed by atoms with Crippen molar-refractivity contribution in [1.29, 1.82) is 0 Å². The van der Waals surface area contributed by atoms with Crippen molar-refractivity contribution in [2.75, 3.05) is 25.4 Å². The minimum Gasteiger partial charge on any atom is -0.351 e. The molecule has 1 N–H and O–H groups in total. The summed E-state index contributed by atoms with van der Waals surface area (Å²) >= 11 is 1.77. The van der Waals surface area contributed by atoms with Crippen LogP contribution < -0.4 is 5.32 Å². The minimum atomic E-state index is 0.0147.